The zero-order valence-corrected chi connectivity index (χ0v) is 16.1. The molecule has 0 bridgehead atoms. The van der Waals surface area contributed by atoms with Crippen LogP contribution in [0.15, 0.2) is 48.5 Å². The summed E-state index contributed by atoms with van der Waals surface area (Å²) in [5, 5.41) is -0.215. The molecular formula is C21H22F2N2O2S. The van der Waals surface area contributed by atoms with Crippen molar-refractivity contribution in [1.82, 2.24) is 4.90 Å². The van der Waals surface area contributed by atoms with E-state index >= 15 is 0 Å². The van der Waals surface area contributed by atoms with Crippen molar-refractivity contribution in [3.05, 3.63) is 71.3 Å². The van der Waals surface area contributed by atoms with Crippen LogP contribution in [0.4, 0.5) is 8.78 Å². The van der Waals surface area contributed by atoms with E-state index in [1.165, 1.54) is 36.0 Å². The minimum Gasteiger partial charge on any atom is -0.369 e. The molecule has 1 aliphatic rings. The number of primary amides is 1. The lowest BCUT2D eigenvalue weighted by molar-refractivity contribution is -0.132. The van der Waals surface area contributed by atoms with Crippen LogP contribution >= 0.6 is 11.8 Å². The van der Waals surface area contributed by atoms with Crippen LogP contribution in [-0.4, -0.2) is 35.6 Å². The van der Waals surface area contributed by atoms with E-state index in [0.29, 0.717) is 25.9 Å². The number of thioether (sulfide) groups is 1. The van der Waals surface area contributed by atoms with E-state index in [9.17, 15) is 18.4 Å². The molecule has 1 heterocycles. The molecule has 0 aliphatic carbocycles. The Balaban J connectivity index is 1.68. The standard InChI is InChI=1S/C21H22F2N2O2S/c22-17-5-1-14(2-6-17)20(15-3-7-18(23)8-4-15)28-13-19(26)25-11-9-16(10-12-25)21(24)27/h1-8,16,20H,9-13H2,(H2,24,27). The molecular weight excluding hydrogens is 382 g/mol. The second-order valence-electron chi connectivity index (χ2n) is 6.85. The van der Waals surface area contributed by atoms with Gasteiger partial charge in [-0.05, 0) is 48.2 Å². The fraction of sp³-hybridized carbons (Fsp3) is 0.333. The summed E-state index contributed by atoms with van der Waals surface area (Å²) in [7, 11) is 0. The van der Waals surface area contributed by atoms with Gasteiger partial charge in [0, 0.05) is 19.0 Å². The molecule has 28 heavy (non-hydrogen) atoms. The molecule has 2 amide bonds. The van der Waals surface area contributed by atoms with Crippen molar-refractivity contribution in [2.75, 3.05) is 18.8 Å². The predicted molar refractivity (Wildman–Crippen MR) is 106 cm³/mol. The average Bonchev–Trinajstić information content (AvgIpc) is 2.70. The van der Waals surface area contributed by atoms with Crippen molar-refractivity contribution in [2.45, 2.75) is 18.1 Å². The maximum Gasteiger partial charge on any atom is 0.232 e. The van der Waals surface area contributed by atoms with E-state index in [1.807, 2.05) is 0 Å². The van der Waals surface area contributed by atoms with Crippen LogP contribution in [0.3, 0.4) is 0 Å². The van der Waals surface area contributed by atoms with E-state index in [-0.39, 0.29) is 40.4 Å². The second-order valence-corrected chi connectivity index (χ2v) is 7.94. The van der Waals surface area contributed by atoms with Crippen molar-refractivity contribution in [3.63, 3.8) is 0 Å². The lowest BCUT2D eigenvalue weighted by Gasteiger charge is -2.31. The van der Waals surface area contributed by atoms with E-state index in [0.717, 1.165) is 11.1 Å². The van der Waals surface area contributed by atoms with Crippen molar-refractivity contribution < 1.29 is 18.4 Å². The van der Waals surface area contributed by atoms with Gasteiger partial charge in [0.1, 0.15) is 11.6 Å². The summed E-state index contributed by atoms with van der Waals surface area (Å²) < 4.78 is 26.6. The highest BCUT2D eigenvalue weighted by atomic mass is 32.2. The number of hydrogen-bond donors (Lipinski definition) is 1. The van der Waals surface area contributed by atoms with Gasteiger partial charge in [-0.2, -0.15) is 0 Å². The van der Waals surface area contributed by atoms with Crippen molar-refractivity contribution in [3.8, 4) is 0 Å². The van der Waals surface area contributed by atoms with Crippen LogP contribution in [-0.2, 0) is 9.59 Å². The van der Waals surface area contributed by atoms with Crippen LogP contribution in [0.2, 0.25) is 0 Å². The number of piperidine rings is 1. The number of benzene rings is 2. The SMILES string of the molecule is NC(=O)C1CCN(C(=O)CSC(c2ccc(F)cc2)c2ccc(F)cc2)CC1. The molecule has 0 aromatic heterocycles. The molecule has 2 aromatic carbocycles. The molecule has 0 atom stereocenters. The minimum absolute atomic E-state index is 0.0119. The second kappa shape index (κ2) is 9.19. The number of rotatable bonds is 6. The Labute approximate surface area is 167 Å². The summed E-state index contributed by atoms with van der Waals surface area (Å²) in [4.78, 5) is 25.6. The third-order valence-corrected chi connectivity index (χ3v) is 6.26. The molecule has 0 spiro atoms. The Morgan fingerprint density at radius 2 is 1.43 bits per heavy atom. The quantitative estimate of drug-likeness (QED) is 0.801. The molecule has 3 rings (SSSR count). The lowest BCUT2D eigenvalue weighted by Crippen LogP contribution is -2.42. The molecule has 4 nitrogen and oxygen atoms in total. The Morgan fingerprint density at radius 1 is 0.964 bits per heavy atom. The predicted octanol–water partition coefficient (Wildman–Crippen LogP) is 3.51. The van der Waals surface area contributed by atoms with Gasteiger partial charge in [-0.15, -0.1) is 11.8 Å². The highest BCUT2D eigenvalue weighted by Gasteiger charge is 2.26. The fourth-order valence-electron chi connectivity index (χ4n) is 3.32. The molecule has 0 unspecified atom stereocenters. The van der Waals surface area contributed by atoms with E-state index in [4.69, 9.17) is 5.73 Å². The van der Waals surface area contributed by atoms with E-state index in [1.54, 1.807) is 29.2 Å². The molecule has 0 radical (unpaired) electrons. The number of hydrogen-bond acceptors (Lipinski definition) is 3. The van der Waals surface area contributed by atoms with Crippen LogP contribution in [0, 0.1) is 17.6 Å². The molecule has 148 valence electrons. The summed E-state index contributed by atoms with van der Waals surface area (Å²) >= 11 is 1.42. The van der Waals surface area contributed by atoms with Crippen molar-refractivity contribution >= 4 is 23.6 Å². The number of carbonyl (C=O) groups is 2. The van der Waals surface area contributed by atoms with Gasteiger partial charge in [-0.25, -0.2) is 8.78 Å². The van der Waals surface area contributed by atoms with Crippen LogP contribution in [0.25, 0.3) is 0 Å². The zero-order chi connectivity index (χ0) is 20.1. The third-order valence-electron chi connectivity index (χ3n) is 4.97. The number of amides is 2. The summed E-state index contributed by atoms with van der Waals surface area (Å²) in [6.45, 7) is 1.04. The number of nitrogens with zero attached hydrogens (tertiary/aromatic N) is 1. The highest BCUT2D eigenvalue weighted by Crippen LogP contribution is 2.36. The Morgan fingerprint density at radius 3 is 1.86 bits per heavy atom. The first kappa shape index (κ1) is 20.3. The number of likely N-dealkylation sites (tertiary alicyclic amines) is 1. The van der Waals surface area contributed by atoms with Gasteiger partial charge in [0.15, 0.2) is 0 Å². The van der Waals surface area contributed by atoms with Gasteiger partial charge in [-0.3, -0.25) is 9.59 Å². The number of carbonyl (C=O) groups excluding carboxylic acids is 2. The smallest absolute Gasteiger partial charge is 0.232 e. The lowest BCUT2D eigenvalue weighted by atomic mass is 9.96. The first-order chi connectivity index (χ1) is 13.4. The summed E-state index contributed by atoms with van der Waals surface area (Å²) in [6.07, 6.45) is 1.18. The maximum atomic E-state index is 13.3. The van der Waals surface area contributed by atoms with Gasteiger partial charge in [0.05, 0.1) is 11.0 Å². The highest BCUT2D eigenvalue weighted by molar-refractivity contribution is 8.00. The first-order valence-corrected chi connectivity index (χ1v) is 10.2. The Kier molecular flexibility index (Phi) is 6.67. The molecule has 7 heteroatoms. The monoisotopic (exact) mass is 404 g/mol. The first-order valence-electron chi connectivity index (χ1n) is 9.13. The minimum atomic E-state index is -0.333. The maximum absolute atomic E-state index is 13.3. The number of nitrogens with two attached hydrogens (primary N) is 1. The van der Waals surface area contributed by atoms with Crippen LogP contribution in [0.1, 0.15) is 29.2 Å². The van der Waals surface area contributed by atoms with Gasteiger partial charge in [0.2, 0.25) is 11.8 Å². The van der Waals surface area contributed by atoms with Gasteiger partial charge in [-0.1, -0.05) is 24.3 Å². The Hall–Kier alpha value is -2.41. The average molecular weight is 404 g/mol. The summed E-state index contributed by atoms with van der Waals surface area (Å²) in [6, 6.07) is 12.2. The summed E-state index contributed by atoms with van der Waals surface area (Å²) in [5.41, 5.74) is 7.03. The largest absolute Gasteiger partial charge is 0.369 e. The molecule has 1 aliphatic heterocycles. The van der Waals surface area contributed by atoms with Gasteiger partial charge < -0.3 is 10.6 Å². The molecule has 0 saturated carbocycles. The van der Waals surface area contributed by atoms with Crippen LogP contribution in [0.5, 0.6) is 0 Å². The molecule has 2 N–H and O–H groups in total. The van der Waals surface area contributed by atoms with E-state index < -0.39 is 0 Å². The Bertz CT molecular complexity index is 774. The number of halogens is 2. The van der Waals surface area contributed by atoms with Crippen LogP contribution < -0.4 is 5.73 Å². The van der Waals surface area contributed by atoms with Gasteiger partial charge >= 0.3 is 0 Å². The van der Waals surface area contributed by atoms with Gasteiger partial charge in [0.25, 0.3) is 0 Å². The third kappa shape index (κ3) is 5.10. The zero-order valence-electron chi connectivity index (χ0n) is 15.3. The molecule has 2 aromatic rings. The van der Waals surface area contributed by atoms with Crippen molar-refractivity contribution in [2.24, 2.45) is 11.7 Å². The summed E-state index contributed by atoms with van der Waals surface area (Å²) in [5.74, 6) is -0.917. The topological polar surface area (TPSA) is 63.4 Å². The molecule has 1 fully saturated rings. The van der Waals surface area contributed by atoms with E-state index in [2.05, 4.69) is 0 Å². The normalized spacial score (nSPS) is 15.0. The van der Waals surface area contributed by atoms with Crippen molar-refractivity contribution in [1.29, 1.82) is 0 Å². The fourth-order valence-corrected chi connectivity index (χ4v) is 4.51. The molecule has 1 saturated heterocycles.